The number of methoxy groups -OCH3 is 2. The summed E-state index contributed by atoms with van der Waals surface area (Å²) < 4.78 is 10.9. The molecule has 1 aliphatic carbocycles. The molecule has 0 saturated heterocycles. The highest BCUT2D eigenvalue weighted by Crippen LogP contribution is 2.35. The van der Waals surface area contributed by atoms with Crippen molar-refractivity contribution in [2.24, 2.45) is 17.8 Å². The molecule has 0 amide bonds. The average molecular weight is 214 g/mol. The van der Waals surface area contributed by atoms with Gasteiger partial charge in [-0.05, 0) is 18.3 Å². The van der Waals surface area contributed by atoms with E-state index >= 15 is 0 Å². The Hall–Kier alpha value is -0.0800. The maximum Gasteiger partial charge on any atom is 0.0649 e. The summed E-state index contributed by atoms with van der Waals surface area (Å²) in [6.07, 6.45) is 5.83. The molecular formula is C13H26O2. The van der Waals surface area contributed by atoms with E-state index in [4.69, 9.17) is 9.47 Å². The fourth-order valence-electron chi connectivity index (χ4n) is 3.02. The van der Waals surface area contributed by atoms with Gasteiger partial charge in [-0.2, -0.15) is 0 Å². The van der Waals surface area contributed by atoms with Crippen LogP contribution in [0.5, 0.6) is 0 Å². The molecule has 90 valence electrons. The van der Waals surface area contributed by atoms with Crippen molar-refractivity contribution in [2.75, 3.05) is 20.8 Å². The molecule has 1 aliphatic rings. The van der Waals surface area contributed by atoms with Crippen molar-refractivity contribution >= 4 is 0 Å². The quantitative estimate of drug-likeness (QED) is 0.700. The smallest absolute Gasteiger partial charge is 0.0649 e. The van der Waals surface area contributed by atoms with Gasteiger partial charge in [0.25, 0.3) is 0 Å². The molecule has 1 fully saturated rings. The van der Waals surface area contributed by atoms with Gasteiger partial charge in [-0.3, -0.25) is 0 Å². The van der Waals surface area contributed by atoms with Gasteiger partial charge in [0.05, 0.1) is 12.7 Å². The second-order valence-corrected chi connectivity index (χ2v) is 5.06. The zero-order valence-electron chi connectivity index (χ0n) is 10.7. The first-order valence-electron chi connectivity index (χ1n) is 6.22. The molecule has 0 N–H and O–H groups in total. The van der Waals surface area contributed by atoms with Crippen molar-refractivity contribution in [3.63, 3.8) is 0 Å². The van der Waals surface area contributed by atoms with Gasteiger partial charge < -0.3 is 9.47 Å². The van der Waals surface area contributed by atoms with Gasteiger partial charge in [-0.15, -0.1) is 0 Å². The Bertz CT molecular complexity index is 170. The van der Waals surface area contributed by atoms with Crippen molar-refractivity contribution in [1.82, 2.24) is 0 Å². The lowest BCUT2D eigenvalue weighted by Gasteiger charge is -2.37. The van der Waals surface area contributed by atoms with Gasteiger partial charge in [0.2, 0.25) is 0 Å². The summed E-state index contributed by atoms with van der Waals surface area (Å²) in [5, 5.41) is 0. The molecular weight excluding hydrogens is 188 g/mol. The van der Waals surface area contributed by atoms with Crippen LogP contribution >= 0.6 is 0 Å². The molecule has 15 heavy (non-hydrogen) atoms. The molecule has 0 aliphatic heterocycles. The van der Waals surface area contributed by atoms with Crippen LogP contribution in [-0.2, 0) is 9.47 Å². The maximum atomic E-state index is 5.69. The van der Waals surface area contributed by atoms with Gasteiger partial charge in [0, 0.05) is 20.1 Å². The van der Waals surface area contributed by atoms with E-state index in [0.29, 0.717) is 12.0 Å². The topological polar surface area (TPSA) is 18.5 Å². The van der Waals surface area contributed by atoms with Crippen LogP contribution in [0, 0.1) is 17.8 Å². The van der Waals surface area contributed by atoms with Crippen LogP contribution in [0.3, 0.4) is 0 Å². The Morgan fingerprint density at radius 3 is 2.40 bits per heavy atom. The monoisotopic (exact) mass is 214 g/mol. The minimum Gasteiger partial charge on any atom is -0.384 e. The molecule has 2 heteroatoms. The first-order valence-corrected chi connectivity index (χ1v) is 6.22. The van der Waals surface area contributed by atoms with Crippen molar-refractivity contribution in [2.45, 2.75) is 45.6 Å². The molecule has 0 bridgehead atoms. The molecule has 2 nitrogen and oxygen atoms in total. The average Bonchev–Trinajstić information content (AvgIpc) is 2.22. The molecule has 4 atom stereocenters. The van der Waals surface area contributed by atoms with Crippen LogP contribution in [0.15, 0.2) is 0 Å². The van der Waals surface area contributed by atoms with Gasteiger partial charge >= 0.3 is 0 Å². The minimum absolute atomic E-state index is 0.375. The largest absolute Gasteiger partial charge is 0.384 e. The molecule has 0 aromatic rings. The molecule has 0 heterocycles. The highest BCUT2D eigenvalue weighted by Gasteiger charge is 2.32. The van der Waals surface area contributed by atoms with Gasteiger partial charge in [0.15, 0.2) is 0 Å². The third-order valence-corrected chi connectivity index (χ3v) is 3.86. The molecule has 1 saturated carbocycles. The number of rotatable bonds is 5. The fraction of sp³-hybridized carbons (Fsp3) is 1.00. The van der Waals surface area contributed by atoms with E-state index in [2.05, 4.69) is 13.8 Å². The van der Waals surface area contributed by atoms with Gasteiger partial charge in [0.1, 0.15) is 0 Å². The maximum absolute atomic E-state index is 5.69. The highest BCUT2D eigenvalue weighted by atomic mass is 16.5. The highest BCUT2D eigenvalue weighted by molar-refractivity contribution is 4.82. The molecule has 1 rings (SSSR count). The van der Waals surface area contributed by atoms with Crippen molar-refractivity contribution in [3.05, 3.63) is 0 Å². The number of hydrogen-bond acceptors (Lipinski definition) is 2. The summed E-state index contributed by atoms with van der Waals surface area (Å²) >= 11 is 0. The van der Waals surface area contributed by atoms with E-state index in [1.807, 2.05) is 7.11 Å². The molecule has 0 aromatic heterocycles. The lowest BCUT2D eigenvalue weighted by atomic mass is 9.74. The lowest BCUT2D eigenvalue weighted by Crippen LogP contribution is -2.37. The van der Waals surface area contributed by atoms with Crippen LogP contribution in [0.2, 0.25) is 0 Å². The van der Waals surface area contributed by atoms with Crippen LogP contribution in [0.25, 0.3) is 0 Å². The third-order valence-electron chi connectivity index (χ3n) is 3.86. The fourth-order valence-corrected chi connectivity index (χ4v) is 3.02. The lowest BCUT2D eigenvalue weighted by molar-refractivity contribution is -0.0405. The summed E-state index contributed by atoms with van der Waals surface area (Å²) in [6.45, 7) is 5.41. The summed E-state index contributed by atoms with van der Waals surface area (Å²) in [5.74, 6) is 2.04. The van der Waals surface area contributed by atoms with Crippen LogP contribution in [0.1, 0.15) is 39.5 Å². The Labute approximate surface area is 94.3 Å². The Morgan fingerprint density at radius 1 is 1.20 bits per heavy atom. The van der Waals surface area contributed by atoms with E-state index in [0.717, 1.165) is 18.4 Å². The number of hydrogen-bond donors (Lipinski definition) is 0. The van der Waals surface area contributed by atoms with Gasteiger partial charge in [-0.1, -0.05) is 33.1 Å². The molecule has 0 aromatic carbocycles. The Kier molecular flexibility index (Phi) is 5.62. The summed E-state index contributed by atoms with van der Waals surface area (Å²) in [5.41, 5.74) is 0. The Morgan fingerprint density at radius 2 is 1.87 bits per heavy atom. The van der Waals surface area contributed by atoms with E-state index in [1.54, 1.807) is 7.11 Å². The minimum atomic E-state index is 0.375. The first-order chi connectivity index (χ1) is 7.20. The van der Waals surface area contributed by atoms with E-state index in [1.165, 1.54) is 25.7 Å². The van der Waals surface area contributed by atoms with Crippen LogP contribution in [-0.4, -0.2) is 26.9 Å². The van der Waals surface area contributed by atoms with Gasteiger partial charge in [-0.25, -0.2) is 0 Å². The number of ether oxygens (including phenoxy) is 2. The first kappa shape index (κ1) is 13.0. The van der Waals surface area contributed by atoms with Crippen molar-refractivity contribution in [3.8, 4) is 0 Å². The zero-order chi connectivity index (χ0) is 11.3. The predicted octanol–water partition coefficient (Wildman–Crippen LogP) is 3.11. The Balaban J connectivity index is 2.54. The molecule has 0 radical (unpaired) electrons. The summed E-state index contributed by atoms with van der Waals surface area (Å²) in [6, 6.07) is 0. The SMILES string of the molecule is COCC(C)C(OC)C1CCCCC1C. The predicted molar refractivity (Wildman–Crippen MR) is 63.0 cm³/mol. The second-order valence-electron chi connectivity index (χ2n) is 5.06. The summed E-state index contributed by atoms with van der Waals surface area (Å²) in [4.78, 5) is 0. The van der Waals surface area contributed by atoms with Crippen molar-refractivity contribution < 1.29 is 9.47 Å². The normalized spacial score (nSPS) is 31.2. The van der Waals surface area contributed by atoms with E-state index in [-0.39, 0.29) is 0 Å². The third kappa shape index (κ3) is 3.46. The summed E-state index contributed by atoms with van der Waals surface area (Å²) in [7, 11) is 3.62. The van der Waals surface area contributed by atoms with E-state index < -0.39 is 0 Å². The molecule has 4 unspecified atom stereocenters. The van der Waals surface area contributed by atoms with Crippen LogP contribution < -0.4 is 0 Å². The van der Waals surface area contributed by atoms with E-state index in [9.17, 15) is 0 Å². The van der Waals surface area contributed by atoms with Crippen molar-refractivity contribution in [1.29, 1.82) is 0 Å². The standard InChI is InChI=1S/C13H26O2/c1-10-7-5-6-8-12(10)13(15-4)11(2)9-14-3/h10-13H,5-9H2,1-4H3. The van der Waals surface area contributed by atoms with Crippen LogP contribution in [0.4, 0.5) is 0 Å². The zero-order valence-corrected chi connectivity index (χ0v) is 10.7. The second kappa shape index (κ2) is 6.49. The molecule has 0 spiro atoms.